The van der Waals surface area contributed by atoms with Crippen molar-refractivity contribution in [3.63, 3.8) is 0 Å². The molecule has 0 fully saturated rings. The number of aryl methyl sites for hydroxylation is 1. The van der Waals surface area contributed by atoms with E-state index in [4.69, 9.17) is 0 Å². The van der Waals surface area contributed by atoms with Crippen LogP contribution < -0.4 is 16.0 Å². The van der Waals surface area contributed by atoms with Gasteiger partial charge in [0.05, 0.1) is 0 Å². The number of aromatic nitrogens is 2. The zero-order valence-electron chi connectivity index (χ0n) is 17.5. The molecule has 0 saturated carbocycles. The quantitative estimate of drug-likeness (QED) is 0.394. The summed E-state index contributed by atoms with van der Waals surface area (Å²) in [5.74, 6) is -0.125. The molecule has 0 bridgehead atoms. The van der Waals surface area contributed by atoms with Crippen molar-refractivity contribution in [2.24, 2.45) is 0 Å². The molecular formula is C26H23N5O. The van der Waals surface area contributed by atoms with Crippen LogP contribution in [0.3, 0.4) is 0 Å². The summed E-state index contributed by atoms with van der Waals surface area (Å²) in [7, 11) is 0. The Kier molecular flexibility index (Phi) is 5.49. The highest BCUT2D eigenvalue weighted by molar-refractivity contribution is 6.05. The maximum absolute atomic E-state index is 13.0. The Morgan fingerprint density at radius 2 is 1.59 bits per heavy atom. The molecule has 6 nitrogen and oxygen atoms in total. The lowest BCUT2D eigenvalue weighted by molar-refractivity contribution is 0.102. The van der Waals surface area contributed by atoms with E-state index in [9.17, 15) is 4.79 Å². The van der Waals surface area contributed by atoms with Gasteiger partial charge in [-0.15, -0.1) is 0 Å². The Labute approximate surface area is 186 Å². The number of anilines is 5. The largest absolute Gasteiger partial charge is 0.355 e. The highest BCUT2D eigenvalue weighted by Crippen LogP contribution is 2.33. The minimum atomic E-state index is -0.125. The van der Waals surface area contributed by atoms with Gasteiger partial charge in [0, 0.05) is 58.8 Å². The summed E-state index contributed by atoms with van der Waals surface area (Å²) in [5, 5.41) is 9.93. The normalized spacial score (nSPS) is 12.4. The predicted molar refractivity (Wildman–Crippen MR) is 128 cm³/mol. The predicted octanol–water partition coefficient (Wildman–Crippen LogP) is 5.70. The van der Waals surface area contributed by atoms with Gasteiger partial charge in [-0.25, -0.2) is 0 Å². The molecule has 32 heavy (non-hydrogen) atoms. The van der Waals surface area contributed by atoms with Crippen LogP contribution in [0.2, 0.25) is 0 Å². The molecule has 1 aliphatic heterocycles. The average Bonchev–Trinajstić information content (AvgIpc) is 2.81. The Morgan fingerprint density at radius 3 is 2.44 bits per heavy atom. The van der Waals surface area contributed by atoms with Crippen molar-refractivity contribution in [3.8, 4) is 0 Å². The molecule has 3 N–H and O–H groups in total. The van der Waals surface area contributed by atoms with E-state index in [1.807, 2.05) is 60.8 Å². The number of amides is 1. The Hall–Kier alpha value is -4.19. The molecular weight excluding hydrogens is 398 g/mol. The monoisotopic (exact) mass is 421 g/mol. The van der Waals surface area contributed by atoms with Crippen LogP contribution in [-0.2, 0) is 12.8 Å². The molecule has 2 aromatic heterocycles. The standard InChI is InChI=1S/C26H23N5O/c32-26(18-7-9-20(10-8-18)29-21-11-14-27-15-12-21)31-25-6-2-5-24-22(25)4-1-3-19-17-28-16-13-23(19)30-24/h2,5-17,30H,1,3-4H2,(H,27,29)(H,31,32). The number of nitrogens with one attached hydrogen (secondary N) is 3. The second-order valence-corrected chi connectivity index (χ2v) is 7.74. The van der Waals surface area contributed by atoms with Gasteiger partial charge < -0.3 is 16.0 Å². The third-order valence-corrected chi connectivity index (χ3v) is 5.59. The number of hydrogen-bond donors (Lipinski definition) is 3. The fourth-order valence-electron chi connectivity index (χ4n) is 3.94. The van der Waals surface area contributed by atoms with Gasteiger partial charge in [-0.1, -0.05) is 6.07 Å². The van der Waals surface area contributed by atoms with Crippen LogP contribution >= 0.6 is 0 Å². The van der Waals surface area contributed by atoms with Crippen molar-refractivity contribution in [2.45, 2.75) is 19.3 Å². The van der Waals surface area contributed by atoms with Gasteiger partial charge in [-0.2, -0.15) is 0 Å². The average molecular weight is 422 g/mol. The van der Waals surface area contributed by atoms with Crippen LogP contribution in [0.15, 0.2) is 85.5 Å². The lowest BCUT2D eigenvalue weighted by Crippen LogP contribution is -2.15. The molecule has 0 spiro atoms. The fourth-order valence-corrected chi connectivity index (χ4v) is 3.94. The molecule has 1 aliphatic rings. The van der Waals surface area contributed by atoms with Crippen molar-refractivity contribution >= 4 is 34.3 Å². The van der Waals surface area contributed by atoms with Crippen LogP contribution in [0.1, 0.15) is 27.9 Å². The molecule has 2 aromatic carbocycles. The zero-order chi connectivity index (χ0) is 21.8. The number of hydrogen-bond acceptors (Lipinski definition) is 5. The van der Waals surface area contributed by atoms with Gasteiger partial charge in [-0.3, -0.25) is 14.8 Å². The van der Waals surface area contributed by atoms with E-state index in [-0.39, 0.29) is 5.91 Å². The van der Waals surface area contributed by atoms with Crippen LogP contribution in [0.5, 0.6) is 0 Å². The van der Waals surface area contributed by atoms with Crippen molar-refractivity contribution < 1.29 is 4.79 Å². The summed E-state index contributed by atoms with van der Waals surface area (Å²) in [6, 6.07) is 19.2. The van der Waals surface area contributed by atoms with E-state index >= 15 is 0 Å². The molecule has 0 unspecified atom stereocenters. The first-order valence-electron chi connectivity index (χ1n) is 10.7. The summed E-state index contributed by atoms with van der Waals surface area (Å²) in [6.45, 7) is 0. The molecule has 6 heteroatoms. The second kappa shape index (κ2) is 8.89. The molecule has 0 radical (unpaired) electrons. The maximum Gasteiger partial charge on any atom is 0.255 e. The highest BCUT2D eigenvalue weighted by atomic mass is 16.1. The van der Waals surface area contributed by atoms with E-state index < -0.39 is 0 Å². The summed E-state index contributed by atoms with van der Waals surface area (Å²) >= 11 is 0. The van der Waals surface area contributed by atoms with Gasteiger partial charge >= 0.3 is 0 Å². The van der Waals surface area contributed by atoms with Crippen molar-refractivity contribution in [3.05, 3.63) is 102 Å². The number of rotatable bonds is 4. The maximum atomic E-state index is 13.0. The van der Waals surface area contributed by atoms with Gasteiger partial charge in [0.2, 0.25) is 0 Å². The molecule has 3 heterocycles. The van der Waals surface area contributed by atoms with Gasteiger partial charge in [0.25, 0.3) is 5.91 Å². The van der Waals surface area contributed by atoms with E-state index in [2.05, 4.69) is 32.0 Å². The van der Waals surface area contributed by atoms with E-state index in [1.54, 1.807) is 18.6 Å². The number of fused-ring (bicyclic) bond motifs is 2. The number of nitrogens with zero attached hydrogens (tertiary/aromatic N) is 2. The molecule has 0 aliphatic carbocycles. The summed E-state index contributed by atoms with van der Waals surface area (Å²) in [4.78, 5) is 21.2. The molecule has 5 rings (SSSR count). The van der Waals surface area contributed by atoms with Gasteiger partial charge in [0.15, 0.2) is 0 Å². The Balaban J connectivity index is 1.33. The summed E-state index contributed by atoms with van der Waals surface area (Å²) < 4.78 is 0. The highest BCUT2D eigenvalue weighted by Gasteiger charge is 2.16. The molecule has 0 saturated heterocycles. The zero-order valence-corrected chi connectivity index (χ0v) is 17.5. The van der Waals surface area contributed by atoms with Crippen molar-refractivity contribution in [1.29, 1.82) is 0 Å². The molecule has 158 valence electrons. The fraction of sp³-hybridized carbons (Fsp3) is 0.115. The minimum absolute atomic E-state index is 0.125. The summed E-state index contributed by atoms with van der Waals surface area (Å²) in [5.41, 5.74) is 7.75. The van der Waals surface area contributed by atoms with Crippen LogP contribution in [-0.4, -0.2) is 15.9 Å². The minimum Gasteiger partial charge on any atom is -0.355 e. The van der Waals surface area contributed by atoms with Crippen molar-refractivity contribution in [2.75, 3.05) is 16.0 Å². The first-order chi connectivity index (χ1) is 15.8. The number of benzene rings is 2. The Bertz CT molecular complexity index is 1240. The van der Waals surface area contributed by atoms with Crippen LogP contribution in [0.4, 0.5) is 28.4 Å². The number of carbonyl (C=O) groups excluding carboxylic acids is 1. The number of carbonyl (C=O) groups is 1. The lowest BCUT2D eigenvalue weighted by atomic mass is 9.98. The van der Waals surface area contributed by atoms with Gasteiger partial charge in [0.1, 0.15) is 0 Å². The first kappa shape index (κ1) is 19.8. The van der Waals surface area contributed by atoms with E-state index in [1.165, 1.54) is 5.56 Å². The first-order valence-corrected chi connectivity index (χ1v) is 10.7. The molecule has 1 amide bonds. The Morgan fingerprint density at radius 1 is 0.812 bits per heavy atom. The summed E-state index contributed by atoms with van der Waals surface area (Å²) in [6.07, 6.45) is 10.0. The third kappa shape index (κ3) is 4.30. The van der Waals surface area contributed by atoms with Crippen molar-refractivity contribution in [1.82, 2.24) is 9.97 Å². The third-order valence-electron chi connectivity index (χ3n) is 5.59. The lowest BCUT2D eigenvalue weighted by Gasteiger charge is -2.21. The topological polar surface area (TPSA) is 78.9 Å². The van der Waals surface area contributed by atoms with E-state index in [0.717, 1.165) is 53.3 Å². The van der Waals surface area contributed by atoms with Crippen LogP contribution in [0.25, 0.3) is 0 Å². The number of pyridine rings is 2. The molecule has 0 atom stereocenters. The van der Waals surface area contributed by atoms with Gasteiger partial charge in [-0.05, 0) is 85.0 Å². The van der Waals surface area contributed by atoms with Crippen LogP contribution in [0, 0.1) is 0 Å². The second-order valence-electron chi connectivity index (χ2n) is 7.74. The molecule has 4 aromatic rings. The SMILES string of the molecule is O=C(Nc1cccc2c1CCCc1cnccc1N2)c1ccc(Nc2ccncc2)cc1. The smallest absolute Gasteiger partial charge is 0.255 e. The van der Waals surface area contributed by atoms with E-state index in [0.29, 0.717) is 5.56 Å².